The zero-order valence-corrected chi connectivity index (χ0v) is 13.3. The van der Waals surface area contributed by atoms with Crippen molar-refractivity contribution in [1.82, 2.24) is 0 Å². The summed E-state index contributed by atoms with van der Waals surface area (Å²) in [5, 5.41) is 0. The summed E-state index contributed by atoms with van der Waals surface area (Å²) in [5.41, 5.74) is -0.0378. The minimum absolute atomic E-state index is 0.0378. The first-order chi connectivity index (χ1) is 9.86. The third-order valence-corrected chi connectivity index (χ3v) is 4.25. The number of carbonyl (C=O) groups is 1. The molecule has 0 heterocycles. The average Bonchev–Trinajstić information content (AvgIpc) is 2.41. The molecular formula is C14H18ClFO4S. The van der Waals surface area contributed by atoms with E-state index in [1.165, 1.54) is 6.07 Å². The summed E-state index contributed by atoms with van der Waals surface area (Å²) in [6, 6.07) is 2.94. The van der Waals surface area contributed by atoms with Crippen LogP contribution in [-0.2, 0) is 13.8 Å². The fourth-order valence-corrected chi connectivity index (χ4v) is 2.69. The van der Waals surface area contributed by atoms with E-state index in [1.807, 2.05) is 0 Å². The molecule has 0 fully saturated rings. The van der Waals surface area contributed by atoms with Gasteiger partial charge in [-0.2, -0.15) is 0 Å². The fourth-order valence-electron chi connectivity index (χ4n) is 1.77. The Labute approximate surface area is 128 Å². The predicted molar refractivity (Wildman–Crippen MR) is 78.5 cm³/mol. The van der Waals surface area contributed by atoms with E-state index in [0.29, 0.717) is 0 Å². The van der Waals surface area contributed by atoms with Gasteiger partial charge >= 0.3 is 5.97 Å². The topological polar surface area (TPSA) is 60.4 Å². The number of hydrogen-bond donors (Lipinski definition) is 0. The van der Waals surface area contributed by atoms with Gasteiger partial charge in [0.2, 0.25) is 0 Å². The second-order valence-corrected chi connectivity index (χ2v) is 7.17. The van der Waals surface area contributed by atoms with Crippen LogP contribution in [0, 0.1) is 5.82 Å². The average molecular weight is 337 g/mol. The van der Waals surface area contributed by atoms with Gasteiger partial charge in [-0.3, -0.25) is 0 Å². The lowest BCUT2D eigenvalue weighted by molar-refractivity contribution is 0.0497. The Morgan fingerprint density at radius 2 is 1.90 bits per heavy atom. The molecule has 0 saturated carbocycles. The fraction of sp³-hybridized carbons (Fsp3) is 0.500. The van der Waals surface area contributed by atoms with E-state index < -0.39 is 25.7 Å². The molecule has 21 heavy (non-hydrogen) atoms. The number of ether oxygens (including phenoxy) is 1. The molecule has 0 aliphatic carbocycles. The van der Waals surface area contributed by atoms with Crippen molar-refractivity contribution in [3.63, 3.8) is 0 Å². The molecular weight excluding hydrogens is 319 g/mol. The Morgan fingerprint density at radius 3 is 2.52 bits per heavy atom. The third kappa shape index (κ3) is 6.01. The molecule has 1 rings (SSSR count). The molecule has 0 aliphatic rings. The van der Waals surface area contributed by atoms with Gasteiger partial charge in [-0.05, 0) is 24.6 Å². The largest absolute Gasteiger partial charge is 0.462 e. The van der Waals surface area contributed by atoms with Crippen LogP contribution in [0.3, 0.4) is 0 Å². The summed E-state index contributed by atoms with van der Waals surface area (Å²) in [5.74, 6) is -1.69. The minimum atomic E-state index is -4.24. The Balaban J connectivity index is 2.59. The van der Waals surface area contributed by atoms with Crippen LogP contribution in [0.5, 0.6) is 0 Å². The quantitative estimate of drug-likeness (QED) is 0.410. The van der Waals surface area contributed by atoms with Gasteiger partial charge in [0.05, 0.1) is 12.2 Å². The Kier molecular flexibility index (Phi) is 7.11. The maximum atomic E-state index is 13.3. The van der Waals surface area contributed by atoms with Crippen LogP contribution >= 0.6 is 10.7 Å². The van der Waals surface area contributed by atoms with Crippen LogP contribution < -0.4 is 0 Å². The predicted octanol–water partition coefficient (Wildman–Crippen LogP) is 3.88. The monoisotopic (exact) mass is 336 g/mol. The van der Waals surface area contributed by atoms with Crippen LogP contribution in [0.2, 0.25) is 0 Å². The maximum Gasteiger partial charge on any atom is 0.338 e. The minimum Gasteiger partial charge on any atom is -0.462 e. The molecule has 0 aromatic heterocycles. The van der Waals surface area contributed by atoms with E-state index in [-0.39, 0.29) is 12.2 Å². The Bertz CT molecular complexity index is 587. The molecule has 7 heteroatoms. The first-order valence-electron chi connectivity index (χ1n) is 6.77. The van der Waals surface area contributed by atoms with Crippen molar-refractivity contribution in [2.24, 2.45) is 0 Å². The van der Waals surface area contributed by atoms with E-state index in [4.69, 9.17) is 15.4 Å². The van der Waals surface area contributed by atoms with Crippen molar-refractivity contribution in [2.75, 3.05) is 6.61 Å². The van der Waals surface area contributed by atoms with Crippen molar-refractivity contribution in [1.29, 1.82) is 0 Å². The third-order valence-electron chi connectivity index (χ3n) is 2.91. The number of hydrogen-bond acceptors (Lipinski definition) is 4. The van der Waals surface area contributed by atoms with Crippen LogP contribution in [0.15, 0.2) is 23.1 Å². The number of rotatable bonds is 8. The summed E-state index contributed by atoms with van der Waals surface area (Å²) in [6.07, 6.45) is 5.06. The van der Waals surface area contributed by atoms with E-state index in [2.05, 4.69) is 6.92 Å². The molecule has 0 aliphatic heterocycles. The van der Waals surface area contributed by atoms with Gasteiger partial charge < -0.3 is 4.74 Å². The number of benzene rings is 1. The van der Waals surface area contributed by atoms with Gasteiger partial charge in [0.1, 0.15) is 10.7 Å². The second kappa shape index (κ2) is 8.34. The molecule has 0 radical (unpaired) electrons. The Morgan fingerprint density at radius 1 is 1.24 bits per heavy atom. The lowest BCUT2D eigenvalue weighted by atomic mass is 10.2. The van der Waals surface area contributed by atoms with Crippen LogP contribution in [0.25, 0.3) is 0 Å². The highest BCUT2D eigenvalue weighted by Gasteiger charge is 2.19. The molecule has 1 aromatic carbocycles. The highest BCUT2D eigenvalue weighted by Crippen LogP contribution is 2.20. The maximum absolute atomic E-state index is 13.3. The van der Waals surface area contributed by atoms with Gasteiger partial charge in [-0.25, -0.2) is 17.6 Å². The summed E-state index contributed by atoms with van der Waals surface area (Å²) in [4.78, 5) is 11.0. The molecule has 0 atom stereocenters. The van der Waals surface area contributed by atoms with E-state index in [0.717, 1.165) is 44.2 Å². The first-order valence-corrected chi connectivity index (χ1v) is 9.08. The summed E-state index contributed by atoms with van der Waals surface area (Å²) in [6.45, 7) is 2.36. The summed E-state index contributed by atoms with van der Waals surface area (Å²) in [7, 11) is 0.860. The van der Waals surface area contributed by atoms with E-state index in [1.54, 1.807) is 0 Å². The molecule has 118 valence electrons. The molecule has 0 spiro atoms. The lowest BCUT2D eigenvalue weighted by Crippen LogP contribution is -2.08. The zero-order valence-electron chi connectivity index (χ0n) is 11.8. The van der Waals surface area contributed by atoms with E-state index >= 15 is 0 Å². The smallest absolute Gasteiger partial charge is 0.338 e. The van der Waals surface area contributed by atoms with Crippen molar-refractivity contribution in [3.8, 4) is 0 Å². The molecule has 0 N–H and O–H groups in total. The van der Waals surface area contributed by atoms with Crippen LogP contribution in [0.4, 0.5) is 4.39 Å². The number of carbonyl (C=O) groups excluding carboxylic acids is 1. The van der Waals surface area contributed by atoms with Crippen molar-refractivity contribution < 1.29 is 22.3 Å². The first kappa shape index (κ1) is 17.9. The van der Waals surface area contributed by atoms with Gasteiger partial charge in [0.15, 0.2) is 0 Å². The normalized spacial score (nSPS) is 11.4. The number of unbranched alkanes of at least 4 members (excludes halogenated alkanes) is 4. The van der Waals surface area contributed by atoms with Crippen molar-refractivity contribution in [3.05, 3.63) is 29.6 Å². The summed E-state index contributed by atoms with van der Waals surface area (Å²) >= 11 is 0. The summed E-state index contributed by atoms with van der Waals surface area (Å²) < 4.78 is 40.7. The molecule has 0 amide bonds. The highest BCUT2D eigenvalue weighted by atomic mass is 35.7. The molecule has 0 saturated heterocycles. The number of esters is 1. The zero-order chi connectivity index (χ0) is 15.9. The highest BCUT2D eigenvalue weighted by molar-refractivity contribution is 8.13. The lowest BCUT2D eigenvalue weighted by Gasteiger charge is -2.06. The molecule has 4 nitrogen and oxygen atoms in total. The number of halogens is 2. The van der Waals surface area contributed by atoms with E-state index in [9.17, 15) is 17.6 Å². The van der Waals surface area contributed by atoms with Gasteiger partial charge in [-0.15, -0.1) is 0 Å². The van der Waals surface area contributed by atoms with Crippen molar-refractivity contribution in [2.45, 2.75) is 43.9 Å². The van der Waals surface area contributed by atoms with Gasteiger partial charge in [0, 0.05) is 10.7 Å². The van der Waals surface area contributed by atoms with Gasteiger partial charge in [0.25, 0.3) is 9.05 Å². The molecule has 0 unspecified atom stereocenters. The second-order valence-electron chi connectivity index (χ2n) is 4.63. The van der Waals surface area contributed by atoms with Crippen molar-refractivity contribution >= 4 is 25.7 Å². The SMILES string of the molecule is CCCCCCCOC(=O)c1ccc(F)c(S(=O)(=O)Cl)c1. The molecule has 0 bridgehead atoms. The standard InChI is InChI=1S/C14H18ClFO4S/c1-2-3-4-5-6-9-20-14(17)11-7-8-12(16)13(10-11)21(15,18)19/h7-8,10H,2-6,9H2,1H3. The Hall–Kier alpha value is -1.14. The molecule has 1 aromatic rings. The van der Waals surface area contributed by atoms with Crippen LogP contribution in [0.1, 0.15) is 49.4 Å². The van der Waals surface area contributed by atoms with Crippen LogP contribution in [-0.4, -0.2) is 21.0 Å². The van der Waals surface area contributed by atoms with Gasteiger partial charge in [-0.1, -0.05) is 32.6 Å².